The standard InChI is InChI=1S/C26H32N4O4S/c1-17(2)24(19-8-9-21-22(15-19)34-13-12-33-21)27-23(31)16-35-26-29-28-25(30(26)10-11-32-4)20-7-5-6-18(3)14-20/h5-9,14-15,17,24H,10-13,16H2,1-4H3,(H,27,31)/t24-/m0/s1. The monoisotopic (exact) mass is 496 g/mol. The summed E-state index contributed by atoms with van der Waals surface area (Å²) < 4.78 is 18.7. The first kappa shape index (κ1) is 25.1. The van der Waals surface area contributed by atoms with Gasteiger partial charge in [-0.15, -0.1) is 10.2 Å². The minimum Gasteiger partial charge on any atom is -0.486 e. The largest absolute Gasteiger partial charge is 0.486 e. The highest BCUT2D eigenvalue weighted by Crippen LogP contribution is 2.34. The maximum absolute atomic E-state index is 13.0. The smallest absolute Gasteiger partial charge is 0.230 e. The number of carbonyl (C=O) groups excluding carboxylic acids is 1. The molecule has 0 saturated heterocycles. The molecule has 3 aromatic rings. The zero-order valence-electron chi connectivity index (χ0n) is 20.6. The number of rotatable bonds is 10. The Labute approximate surface area is 210 Å². The van der Waals surface area contributed by atoms with Gasteiger partial charge in [-0.3, -0.25) is 9.36 Å². The maximum Gasteiger partial charge on any atom is 0.230 e. The molecule has 1 N–H and O–H groups in total. The Balaban J connectivity index is 1.46. The second kappa shape index (κ2) is 11.6. The molecule has 1 atom stereocenters. The molecule has 1 aliphatic rings. The Hall–Kier alpha value is -3.04. The predicted octanol–water partition coefficient (Wildman–Crippen LogP) is 4.28. The molecular formula is C26H32N4O4S. The molecule has 186 valence electrons. The van der Waals surface area contributed by atoms with Crippen molar-refractivity contribution in [2.75, 3.05) is 32.7 Å². The number of nitrogens with zero attached hydrogens (tertiary/aromatic N) is 3. The van der Waals surface area contributed by atoms with Gasteiger partial charge in [0.1, 0.15) is 13.2 Å². The van der Waals surface area contributed by atoms with Crippen molar-refractivity contribution in [2.45, 2.75) is 38.5 Å². The van der Waals surface area contributed by atoms with Crippen molar-refractivity contribution in [3.05, 3.63) is 53.6 Å². The number of methoxy groups -OCH3 is 1. The fraction of sp³-hybridized carbons (Fsp3) is 0.423. The molecule has 9 heteroatoms. The zero-order chi connectivity index (χ0) is 24.8. The molecule has 4 rings (SSSR count). The SMILES string of the molecule is COCCn1c(SCC(=O)N[C@H](c2ccc3c(c2)OCCO3)C(C)C)nnc1-c1cccc(C)c1. The van der Waals surface area contributed by atoms with Crippen molar-refractivity contribution in [3.8, 4) is 22.9 Å². The highest BCUT2D eigenvalue weighted by Gasteiger charge is 2.22. The van der Waals surface area contributed by atoms with Crippen LogP contribution >= 0.6 is 11.8 Å². The molecule has 0 radical (unpaired) electrons. The lowest BCUT2D eigenvalue weighted by molar-refractivity contribution is -0.119. The van der Waals surface area contributed by atoms with Crippen LogP contribution in [-0.2, 0) is 16.1 Å². The summed E-state index contributed by atoms with van der Waals surface area (Å²) in [5.74, 6) is 2.59. The minimum atomic E-state index is -0.145. The summed E-state index contributed by atoms with van der Waals surface area (Å²) in [7, 11) is 1.67. The maximum atomic E-state index is 13.0. The van der Waals surface area contributed by atoms with Gasteiger partial charge in [0.25, 0.3) is 0 Å². The third-order valence-corrected chi connectivity index (χ3v) is 6.72. The molecule has 0 unspecified atom stereocenters. The van der Waals surface area contributed by atoms with Crippen LogP contribution < -0.4 is 14.8 Å². The van der Waals surface area contributed by atoms with E-state index in [4.69, 9.17) is 14.2 Å². The average Bonchev–Trinajstić information content (AvgIpc) is 3.27. The van der Waals surface area contributed by atoms with E-state index >= 15 is 0 Å². The number of hydrogen-bond donors (Lipinski definition) is 1. The number of fused-ring (bicyclic) bond motifs is 1. The number of nitrogens with one attached hydrogen (secondary N) is 1. The second-order valence-electron chi connectivity index (χ2n) is 8.80. The molecular weight excluding hydrogens is 464 g/mol. The summed E-state index contributed by atoms with van der Waals surface area (Å²) in [5, 5.41) is 12.7. The topological polar surface area (TPSA) is 87.5 Å². The zero-order valence-corrected chi connectivity index (χ0v) is 21.4. The van der Waals surface area contributed by atoms with Gasteiger partial charge in [-0.2, -0.15) is 0 Å². The Morgan fingerprint density at radius 1 is 1.14 bits per heavy atom. The summed E-state index contributed by atoms with van der Waals surface area (Å²) in [5.41, 5.74) is 3.13. The molecule has 0 fully saturated rings. The number of amides is 1. The van der Waals surface area contributed by atoms with E-state index in [0.29, 0.717) is 31.5 Å². The summed E-state index contributed by atoms with van der Waals surface area (Å²) >= 11 is 1.37. The normalized spacial score (nSPS) is 13.6. The van der Waals surface area contributed by atoms with Gasteiger partial charge < -0.3 is 19.5 Å². The number of benzene rings is 2. The number of aryl methyl sites for hydroxylation is 1. The summed E-state index contributed by atoms with van der Waals surface area (Å²) in [6, 6.07) is 13.9. The molecule has 8 nitrogen and oxygen atoms in total. The quantitative estimate of drug-likeness (QED) is 0.419. The van der Waals surface area contributed by atoms with E-state index in [0.717, 1.165) is 34.0 Å². The summed E-state index contributed by atoms with van der Waals surface area (Å²) in [6.07, 6.45) is 0. The molecule has 0 spiro atoms. The van der Waals surface area contributed by atoms with Gasteiger partial charge >= 0.3 is 0 Å². The molecule has 2 heterocycles. The first-order valence-electron chi connectivity index (χ1n) is 11.8. The van der Waals surface area contributed by atoms with E-state index in [9.17, 15) is 4.79 Å². The van der Waals surface area contributed by atoms with Gasteiger partial charge in [0.05, 0.1) is 24.9 Å². The fourth-order valence-electron chi connectivity index (χ4n) is 4.01. The van der Waals surface area contributed by atoms with Crippen LogP contribution in [0.3, 0.4) is 0 Å². The molecule has 35 heavy (non-hydrogen) atoms. The number of aromatic nitrogens is 3. The molecule has 1 aromatic heterocycles. The van der Waals surface area contributed by atoms with Crippen molar-refractivity contribution in [3.63, 3.8) is 0 Å². The van der Waals surface area contributed by atoms with Crippen LogP contribution in [0.1, 0.15) is 31.0 Å². The highest BCUT2D eigenvalue weighted by atomic mass is 32.2. The Morgan fingerprint density at radius 2 is 1.94 bits per heavy atom. The van der Waals surface area contributed by atoms with Gasteiger partial charge in [0.2, 0.25) is 5.91 Å². The van der Waals surface area contributed by atoms with Crippen LogP contribution in [0.4, 0.5) is 0 Å². The average molecular weight is 497 g/mol. The van der Waals surface area contributed by atoms with Gasteiger partial charge in [0.15, 0.2) is 22.5 Å². The van der Waals surface area contributed by atoms with Crippen molar-refractivity contribution in [2.24, 2.45) is 5.92 Å². The van der Waals surface area contributed by atoms with Crippen LogP contribution in [0, 0.1) is 12.8 Å². The number of ether oxygens (including phenoxy) is 3. The molecule has 0 aliphatic carbocycles. The van der Waals surface area contributed by atoms with E-state index in [1.54, 1.807) is 7.11 Å². The van der Waals surface area contributed by atoms with Crippen molar-refractivity contribution in [1.29, 1.82) is 0 Å². The van der Waals surface area contributed by atoms with Crippen LogP contribution in [0.25, 0.3) is 11.4 Å². The third-order valence-electron chi connectivity index (χ3n) is 5.75. The van der Waals surface area contributed by atoms with Crippen LogP contribution in [0.15, 0.2) is 47.6 Å². The first-order chi connectivity index (χ1) is 17.0. The molecule has 2 aromatic carbocycles. The van der Waals surface area contributed by atoms with Crippen molar-refractivity contribution in [1.82, 2.24) is 20.1 Å². The van der Waals surface area contributed by atoms with Crippen LogP contribution in [0.5, 0.6) is 11.5 Å². The second-order valence-corrected chi connectivity index (χ2v) is 9.74. The Morgan fingerprint density at radius 3 is 2.69 bits per heavy atom. The predicted molar refractivity (Wildman–Crippen MR) is 136 cm³/mol. The highest BCUT2D eigenvalue weighted by molar-refractivity contribution is 7.99. The van der Waals surface area contributed by atoms with Crippen LogP contribution in [-0.4, -0.2) is 53.4 Å². The lowest BCUT2D eigenvalue weighted by Gasteiger charge is -2.25. The fourth-order valence-corrected chi connectivity index (χ4v) is 4.79. The van der Waals surface area contributed by atoms with Crippen molar-refractivity contribution >= 4 is 17.7 Å². The minimum absolute atomic E-state index is 0.0676. The summed E-state index contributed by atoms with van der Waals surface area (Å²) in [4.78, 5) is 13.0. The third kappa shape index (κ3) is 6.15. The van der Waals surface area contributed by atoms with Gasteiger partial charge in [0, 0.05) is 12.7 Å². The van der Waals surface area contributed by atoms with E-state index < -0.39 is 0 Å². The van der Waals surface area contributed by atoms with Crippen LogP contribution in [0.2, 0.25) is 0 Å². The summed E-state index contributed by atoms with van der Waals surface area (Å²) in [6.45, 7) is 8.42. The molecule has 0 bridgehead atoms. The number of hydrogen-bond acceptors (Lipinski definition) is 7. The van der Waals surface area contributed by atoms with E-state index in [2.05, 4.69) is 35.4 Å². The molecule has 1 amide bonds. The van der Waals surface area contributed by atoms with E-state index in [-0.39, 0.29) is 23.6 Å². The van der Waals surface area contributed by atoms with Gasteiger partial charge in [-0.05, 0) is 36.6 Å². The molecule has 0 saturated carbocycles. The lowest BCUT2D eigenvalue weighted by atomic mass is 9.95. The Bertz CT molecular complexity index is 1160. The number of thioether (sulfide) groups is 1. The Kier molecular flexibility index (Phi) is 8.30. The molecule has 1 aliphatic heterocycles. The van der Waals surface area contributed by atoms with Crippen molar-refractivity contribution < 1.29 is 19.0 Å². The van der Waals surface area contributed by atoms with E-state index in [1.165, 1.54) is 11.8 Å². The number of carbonyl (C=O) groups is 1. The van der Waals surface area contributed by atoms with E-state index in [1.807, 2.05) is 47.9 Å². The first-order valence-corrected chi connectivity index (χ1v) is 12.8. The van der Waals surface area contributed by atoms with Gasteiger partial charge in [-0.1, -0.05) is 55.4 Å². The lowest BCUT2D eigenvalue weighted by Crippen LogP contribution is -2.33. The van der Waals surface area contributed by atoms with Gasteiger partial charge in [-0.25, -0.2) is 0 Å².